The number of carbonyl (C=O) groups is 1. The monoisotopic (exact) mass is 323 g/mol. The molecule has 0 saturated carbocycles. The maximum Gasteiger partial charge on any atom is 0.270 e. The lowest BCUT2D eigenvalue weighted by molar-refractivity contribution is -0.128. The summed E-state index contributed by atoms with van der Waals surface area (Å²) in [6.07, 6.45) is 0.884. The first-order chi connectivity index (χ1) is 10.4. The van der Waals surface area contributed by atoms with Crippen LogP contribution in [-0.4, -0.2) is 31.7 Å². The average molecular weight is 324 g/mol. The molecular weight excluding hydrogens is 306 g/mol. The van der Waals surface area contributed by atoms with Crippen LogP contribution >= 0.6 is 11.6 Å². The molecule has 1 aromatic carbocycles. The van der Waals surface area contributed by atoms with Gasteiger partial charge in [0.05, 0.1) is 6.54 Å². The molecule has 2 aromatic rings. The fourth-order valence-corrected chi connectivity index (χ4v) is 1.81. The summed E-state index contributed by atoms with van der Waals surface area (Å²) in [5.74, 6) is 0.344. The number of ether oxygens (including phenoxy) is 1. The van der Waals surface area contributed by atoms with Crippen LogP contribution in [0, 0.1) is 0 Å². The highest BCUT2D eigenvalue weighted by Gasteiger charge is 2.31. The number of halogens is 1. The molecule has 22 heavy (non-hydrogen) atoms. The summed E-state index contributed by atoms with van der Waals surface area (Å²) in [5, 5.41) is 14.9. The first-order valence-corrected chi connectivity index (χ1v) is 7.32. The first-order valence-electron chi connectivity index (χ1n) is 6.94. The number of nitrogens with one attached hydrogen (secondary N) is 1. The summed E-state index contributed by atoms with van der Waals surface area (Å²) in [7, 11) is 0. The van der Waals surface area contributed by atoms with Gasteiger partial charge in [0.25, 0.3) is 11.9 Å². The second-order valence-corrected chi connectivity index (χ2v) is 5.67. The lowest BCUT2D eigenvalue weighted by Crippen LogP contribution is -2.42. The standard InChI is InChI=1S/C14H18ClN5O2/c1-4-9-20-18-13(17-19-20)16-12(21)14(2,3)22-11-7-5-10(15)6-8-11/h5-8H,4,9H2,1-3H3,(H,16,18,21). The van der Waals surface area contributed by atoms with Crippen molar-refractivity contribution in [3.63, 3.8) is 0 Å². The van der Waals surface area contributed by atoms with Gasteiger partial charge in [0.1, 0.15) is 5.75 Å². The van der Waals surface area contributed by atoms with E-state index in [2.05, 4.69) is 20.7 Å². The molecule has 0 unspecified atom stereocenters. The molecule has 0 saturated heterocycles. The van der Waals surface area contributed by atoms with Gasteiger partial charge in [0.15, 0.2) is 5.60 Å². The molecular formula is C14H18ClN5O2. The molecule has 0 radical (unpaired) electrons. The molecule has 0 aliphatic heterocycles. The molecule has 118 valence electrons. The van der Waals surface area contributed by atoms with Crippen LogP contribution in [0.2, 0.25) is 5.02 Å². The fraction of sp³-hybridized carbons (Fsp3) is 0.429. The molecule has 7 nitrogen and oxygen atoms in total. The molecule has 1 amide bonds. The summed E-state index contributed by atoms with van der Waals surface area (Å²) in [4.78, 5) is 13.7. The summed E-state index contributed by atoms with van der Waals surface area (Å²) in [6.45, 7) is 5.97. The maximum absolute atomic E-state index is 12.3. The topological polar surface area (TPSA) is 81.9 Å². The van der Waals surface area contributed by atoms with E-state index in [-0.39, 0.29) is 11.9 Å². The number of benzene rings is 1. The van der Waals surface area contributed by atoms with Gasteiger partial charge in [0.2, 0.25) is 0 Å². The Bertz CT molecular complexity index is 639. The van der Waals surface area contributed by atoms with Crippen molar-refractivity contribution in [2.24, 2.45) is 0 Å². The first kappa shape index (κ1) is 16.2. The van der Waals surface area contributed by atoms with E-state index >= 15 is 0 Å². The van der Waals surface area contributed by atoms with E-state index in [1.54, 1.807) is 38.1 Å². The highest BCUT2D eigenvalue weighted by molar-refractivity contribution is 6.30. The Morgan fingerprint density at radius 1 is 1.36 bits per heavy atom. The molecule has 0 spiro atoms. The van der Waals surface area contributed by atoms with Crippen LogP contribution in [0.5, 0.6) is 5.75 Å². The average Bonchev–Trinajstić information content (AvgIpc) is 2.89. The second kappa shape index (κ2) is 6.74. The molecule has 0 aliphatic rings. The number of aryl methyl sites for hydroxylation is 1. The highest BCUT2D eigenvalue weighted by atomic mass is 35.5. The zero-order valence-corrected chi connectivity index (χ0v) is 13.5. The Labute approximate surface area is 133 Å². The van der Waals surface area contributed by atoms with E-state index in [0.29, 0.717) is 17.3 Å². The summed E-state index contributed by atoms with van der Waals surface area (Å²) >= 11 is 5.82. The Kier molecular flexibility index (Phi) is 4.97. The minimum absolute atomic E-state index is 0.159. The van der Waals surface area contributed by atoms with Crippen molar-refractivity contribution in [1.29, 1.82) is 0 Å². The van der Waals surface area contributed by atoms with Crippen LogP contribution in [0.4, 0.5) is 5.95 Å². The number of nitrogens with zero attached hydrogens (tertiary/aromatic N) is 4. The number of aromatic nitrogens is 4. The van der Waals surface area contributed by atoms with Crippen molar-refractivity contribution in [3.8, 4) is 5.75 Å². The zero-order valence-electron chi connectivity index (χ0n) is 12.7. The number of carbonyl (C=O) groups excluding carboxylic acids is 1. The Morgan fingerprint density at radius 3 is 2.68 bits per heavy atom. The van der Waals surface area contributed by atoms with Crippen molar-refractivity contribution in [2.45, 2.75) is 39.3 Å². The minimum atomic E-state index is -1.09. The van der Waals surface area contributed by atoms with Gasteiger partial charge in [-0.15, -0.1) is 5.10 Å². The van der Waals surface area contributed by atoms with E-state index < -0.39 is 5.60 Å². The molecule has 0 aliphatic carbocycles. The third kappa shape index (κ3) is 4.17. The number of anilines is 1. The number of rotatable bonds is 6. The van der Waals surface area contributed by atoms with Crippen LogP contribution in [0.25, 0.3) is 0 Å². The Morgan fingerprint density at radius 2 is 2.05 bits per heavy atom. The normalized spacial score (nSPS) is 11.3. The lowest BCUT2D eigenvalue weighted by atomic mass is 10.1. The van der Waals surface area contributed by atoms with Gasteiger partial charge in [0, 0.05) is 5.02 Å². The third-order valence-corrected chi connectivity index (χ3v) is 3.09. The van der Waals surface area contributed by atoms with Gasteiger partial charge >= 0.3 is 0 Å². The fourth-order valence-electron chi connectivity index (χ4n) is 1.68. The van der Waals surface area contributed by atoms with E-state index in [9.17, 15) is 4.79 Å². The van der Waals surface area contributed by atoms with Crippen LogP contribution in [0.3, 0.4) is 0 Å². The van der Waals surface area contributed by atoms with Gasteiger partial charge < -0.3 is 4.74 Å². The molecule has 1 aromatic heterocycles. The van der Waals surface area contributed by atoms with Crippen molar-refractivity contribution in [1.82, 2.24) is 20.2 Å². The van der Waals surface area contributed by atoms with E-state index in [1.807, 2.05) is 6.92 Å². The molecule has 0 bridgehead atoms. The number of hydrogen-bond acceptors (Lipinski definition) is 5. The summed E-state index contributed by atoms with van der Waals surface area (Å²) < 4.78 is 5.69. The Hall–Kier alpha value is -2.15. The lowest BCUT2D eigenvalue weighted by Gasteiger charge is -2.24. The second-order valence-electron chi connectivity index (χ2n) is 5.23. The minimum Gasteiger partial charge on any atom is -0.478 e. The van der Waals surface area contributed by atoms with Crippen LogP contribution in [-0.2, 0) is 11.3 Å². The number of tetrazole rings is 1. The maximum atomic E-state index is 12.3. The van der Waals surface area contributed by atoms with Crippen LogP contribution in [0.15, 0.2) is 24.3 Å². The number of amides is 1. The summed E-state index contributed by atoms with van der Waals surface area (Å²) in [6, 6.07) is 6.80. The quantitative estimate of drug-likeness (QED) is 0.883. The SMILES string of the molecule is CCCn1nnc(NC(=O)C(C)(C)Oc2ccc(Cl)cc2)n1. The van der Waals surface area contributed by atoms with Gasteiger partial charge in [-0.05, 0) is 49.7 Å². The zero-order chi connectivity index (χ0) is 16.2. The highest BCUT2D eigenvalue weighted by Crippen LogP contribution is 2.21. The molecule has 0 atom stereocenters. The molecule has 1 N–H and O–H groups in total. The molecule has 0 fully saturated rings. The molecule has 8 heteroatoms. The number of hydrogen-bond donors (Lipinski definition) is 1. The van der Waals surface area contributed by atoms with Crippen molar-refractivity contribution in [3.05, 3.63) is 29.3 Å². The van der Waals surface area contributed by atoms with Crippen molar-refractivity contribution >= 4 is 23.5 Å². The van der Waals surface area contributed by atoms with Gasteiger partial charge in [-0.3, -0.25) is 10.1 Å². The van der Waals surface area contributed by atoms with Gasteiger partial charge in [-0.1, -0.05) is 23.6 Å². The Balaban J connectivity index is 2.01. The molecule has 2 rings (SSSR count). The van der Waals surface area contributed by atoms with E-state index in [4.69, 9.17) is 16.3 Å². The summed E-state index contributed by atoms with van der Waals surface area (Å²) in [5.41, 5.74) is -1.09. The van der Waals surface area contributed by atoms with E-state index in [1.165, 1.54) is 4.80 Å². The van der Waals surface area contributed by atoms with Crippen LogP contribution in [0.1, 0.15) is 27.2 Å². The van der Waals surface area contributed by atoms with Crippen molar-refractivity contribution in [2.75, 3.05) is 5.32 Å². The van der Waals surface area contributed by atoms with Crippen molar-refractivity contribution < 1.29 is 9.53 Å². The predicted molar refractivity (Wildman–Crippen MR) is 82.9 cm³/mol. The largest absolute Gasteiger partial charge is 0.478 e. The predicted octanol–water partition coefficient (Wildman–Crippen LogP) is 2.53. The van der Waals surface area contributed by atoms with Gasteiger partial charge in [-0.2, -0.15) is 4.80 Å². The van der Waals surface area contributed by atoms with Crippen LogP contribution < -0.4 is 10.1 Å². The van der Waals surface area contributed by atoms with E-state index in [0.717, 1.165) is 6.42 Å². The third-order valence-electron chi connectivity index (χ3n) is 2.84. The van der Waals surface area contributed by atoms with Gasteiger partial charge in [-0.25, -0.2) is 0 Å². The smallest absolute Gasteiger partial charge is 0.270 e. The molecule has 1 heterocycles.